The van der Waals surface area contributed by atoms with Gasteiger partial charge in [-0.05, 0) is 25.1 Å². The lowest BCUT2D eigenvalue weighted by molar-refractivity contribution is 0.0331. The van der Waals surface area contributed by atoms with Crippen LogP contribution in [0.4, 0.5) is 5.69 Å². The molecule has 1 unspecified atom stereocenters. The number of nitrogens with two attached hydrogens (primary N) is 1. The Morgan fingerprint density at radius 2 is 2.33 bits per heavy atom. The first-order valence-electron chi connectivity index (χ1n) is 5.19. The third kappa shape index (κ3) is 2.60. The predicted octanol–water partition coefficient (Wildman–Crippen LogP) is 1.96. The standard InChI is InChI=1S/C11H11ClN4O2/c1-6(8-4-7(13)2-3-9(8)12)18-11(17)10-5-14-16-15-10/h2-6H,13H2,1H3,(H,14,15,16). The Morgan fingerprint density at radius 3 is 3.00 bits per heavy atom. The Kier molecular flexibility index (Phi) is 3.47. The number of rotatable bonds is 3. The molecule has 94 valence electrons. The molecular weight excluding hydrogens is 256 g/mol. The van der Waals surface area contributed by atoms with Crippen molar-refractivity contribution in [3.63, 3.8) is 0 Å². The van der Waals surface area contributed by atoms with Gasteiger partial charge in [0, 0.05) is 16.3 Å². The second-order valence-electron chi connectivity index (χ2n) is 3.68. The molecule has 0 saturated heterocycles. The highest BCUT2D eigenvalue weighted by atomic mass is 35.5. The van der Waals surface area contributed by atoms with Crippen LogP contribution < -0.4 is 5.73 Å². The average molecular weight is 267 g/mol. The molecule has 0 aliphatic carbocycles. The van der Waals surface area contributed by atoms with Crippen molar-refractivity contribution in [3.8, 4) is 0 Å². The fourth-order valence-electron chi connectivity index (χ4n) is 1.46. The summed E-state index contributed by atoms with van der Waals surface area (Å²) in [5.74, 6) is -0.574. The van der Waals surface area contributed by atoms with Crippen LogP contribution in [0, 0.1) is 0 Å². The summed E-state index contributed by atoms with van der Waals surface area (Å²) in [4.78, 5) is 11.7. The maximum absolute atomic E-state index is 11.7. The summed E-state index contributed by atoms with van der Waals surface area (Å²) in [7, 11) is 0. The Morgan fingerprint density at radius 1 is 1.56 bits per heavy atom. The van der Waals surface area contributed by atoms with Gasteiger partial charge < -0.3 is 10.5 Å². The number of benzene rings is 1. The van der Waals surface area contributed by atoms with Crippen molar-refractivity contribution < 1.29 is 9.53 Å². The number of ether oxygens (including phenoxy) is 1. The van der Waals surface area contributed by atoms with Crippen molar-refractivity contribution in [1.29, 1.82) is 0 Å². The van der Waals surface area contributed by atoms with Gasteiger partial charge in [-0.1, -0.05) is 11.6 Å². The van der Waals surface area contributed by atoms with Gasteiger partial charge in [-0.15, -0.1) is 5.10 Å². The lowest BCUT2D eigenvalue weighted by Crippen LogP contribution is -2.10. The number of carbonyl (C=O) groups excluding carboxylic acids is 1. The molecule has 0 aliphatic heterocycles. The second kappa shape index (κ2) is 5.05. The smallest absolute Gasteiger partial charge is 0.361 e. The van der Waals surface area contributed by atoms with Crippen molar-refractivity contribution in [2.75, 3.05) is 5.73 Å². The fraction of sp³-hybridized carbons (Fsp3) is 0.182. The second-order valence-corrected chi connectivity index (χ2v) is 4.09. The highest BCUT2D eigenvalue weighted by molar-refractivity contribution is 6.31. The summed E-state index contributed by atoms with van der Waals surface area (Å²) in [6, 6.07) is 5.01. The van der Waals surface area contributed by atoms with E-state index >= 15 is 0 Å². The quantitative estimate of drug-likeness (QED) is 0.654. The first kappa shape index (κ1) is 12.4. The maximum Gasteiger partial charge on any atom is 0.361 e. The Labute approximate surface area is 108 Å². The zero-order valence-corrected chi connectivity index (χ0v) is 10.3. The molecule has 0 radical (unpaired) electrons. The molecule has 1 atom stereocenters. The number of hydrogen-bond donors (Lipinski definition) is 2. The van der Waals surface area contributed by atoms with E-state index in [1.165, 1.54) is 6.20 Å². The predicted molar refractivity (Wildman–Crippen MR) is 66.1 cm³/mol. The van der Waals surface area contributed by atoms with Crippen LogP contribution in [0.3, 0.4) is 0 Å². The molecule has 2 rings (SSSR count). The Balaban J connectivity index is 2.14. The topological polar surface area (TPSA) is 93.9 Å². The SMILES string of the molecule is CC(OC(=O)c1cn[nH]n1)c1cc(N)ccc1Cl. The van der Waals surface area contributed by atoms with Crippen molar-refractivity contribution in [2.45, 2.75) is 13.0 Å². The van der Waals surface area contributed by atoms with E-state index in [0.29, 0.717) is 16.3 Å². The molecule has 1 heterocycles. The molecule has 6 nitrogen and oxygen atoms in total. The zero-order valence-electron chi connectivity index (χ0n) is 9.55. The van der Waals surface area contributed by atoms with Gasteiger partial charge >= 0.3 is 5.97 Å². The molecule has 0 aliphatic rings. The van der Waals surface area contributed by atoms with Crippen LogP contribution in [0.5, 0.6) is 0 Å². The largest absolute Gasteiger partial charge is 0.453 e. The molecule has 0 saturated carbocycles. The molecule has 0 bridgehead atoms. The summed E-state index contributed by atoms with van der Waals surface area (Å²) < 4.78 is 5.22. The first-order chi connectivity index (χ1) is 8.58. The number of hydrogen-bond acceptors (Lipinski definition) is 5. The number of H-pyrrole nitrogens is 1. The minimum Gasteiger partial charge on any atom is -0.453 e. The number of aromatic amines is 1. The number of nitrogens with zero attached hydrogens (tertiary/aromatic N) is 2. The summed E-state index contributed by atoms with van der Waals surface area (Å²) in [5, 5.41) is 9.99. The highest BCUT2D eigenvalue weighted by Crippen LogP contribution is 2.27. The van der Waals surface area contributed by atoms with Crippen LogP contribution in [0.2, 0.25) is 5.02 Å². The molecule has 18 heavy (non-hydrogen) atoms. The maximum atomic E-state index is 11.7. The number of carbonyl (C=O) groups is 1. The van der Waals surface area contributed by atoms with E-state index in [1.54, 1.807) is 25.1 Å². The summed E-state index contributed by atoms with van der Waals surface area (Å²) in [6.07, 6.45) is 0.765. The fourth-order valence-corrected chi connectivity index (χ4v) is 1.73. The van der Waals surface area contributed by atoms with Crippen LogP contribution in [0.1, 0.15) is 29.1 Å². The van der Waals surface area contributed by atoms with Crippen LogP contribution in [-0.2, 0) is 4.74 Å². The van der Waals surface area contributed by atoms with Crippen LogP contribution >= 0.6 is 11.6 Å². The number of anilines is 1. The molecule has 7 heteroatoms. The van der Waals surface area contributed by atoms with E-state index < -0.39 is 12.1 Å². The van der Waals surface area contributed by atoms with E-state index in [0.717, 1.165) is 0 Å². The molecule has 2 aromatic rings. The molecular formula is C11H11ClN4O2. The Bertz CT molecular complexity index is 556. The van der Waals surface area contributed by atoms with E-state index in [2.05, 4.69) is 15.4 Å². The summed E-state index contributed by atoms with van der Waals surface area (Å²) >= 11 is 6.02. The third-order valence-electron chi connectivity index (χ3n) is 2.37. The summed E-state index contributed by atoms with van der Waals surface area (Å²) in [5.41, 5.74) is 6.98. The molecule has 1 aromatic heterocycles. The van der Waals surface area contributed by atoms with Gasteiger partial charge in [0.2, 0.25) is 0 Å². The van der Waals surface area contributed by atoms with Gasteiger partial charge in [-0.3, -0.25) is 0 Å². The van der Waals surface area contributed by atoms with E-state index in [1.807, 2.05) is 0 Å². The molecule has 0 amide bonds. The first-order valence-corrected chi connectivity index (χ1v) is 5.57. The normalized spacial score (nSPS) is 12.1. The minimum absolute atomic E-state index is 0.113. The monoisotopic (exact) mass is 266 g/mol. The number of halogens is 1. The van der Waals surface area contributed by atoms with E-state index in [4.69, 9.17) is 22.1 Å². The van der Waals surface area contributed by atoms with Gasteiger partial charge in [0.15, 0.2) is 5.69 Å². The van der Waals surface area contributed by atoms with Crippen molar-refractivity contribution in [1.82, 2.24) is 15.4 Å². The zero-order chi connectivity index (χ0) is 13.1. The van der Waals surface area contributed by atoms with Gasteiger partial charge in [0.25, 0.3) is 0 Å². The van der Waals surface area contributed by atoms with Gasteiger partial charge in [-0.2, -0.15) is 10.3 Å². The van der Waals surface area contributed by atoms with E-state index in [-0.39, 0.29) is 5.69 Å². The average Bonchev–Trinajstić information content (AvgIpc) is 2.85. The lowest BCUT2D eigenvalue weighted by atomic mass is 10.1. The van der Waals surface area contributed by atoms with Crippen molar-refractivity contribution in [2.24, 2.45) is 0 Å². The van der Waals surface area contributed by atoms with E-state index in [9.17, 15) is 4.79 Å². The molecule has 0 fully saturated rings. The number of aromatic nitrogens is 3. The van der Waals surface area contributed by atoms with Crippen LogP contribution in [0.25, 0.3) is 0 Å². The van der Waals surface area contributed by atoms with Crippen molar-refractivity contribution in [3.05, 3.63) is 40.7 Å². The number of nitrogen functional groups attached to an aromatic ring is 1. The van der Waals surface area contributed by atoms with Gasteiger partial charge in [-0.25, -0.2) is 4.79 Å². The van der Waals surface area contributed by atoms with Crippen molar-refractivity contribution >= 4 is 23.3 Å². The molecule has 3 N–H and O–H groups in total. The highest BCUT2D eigenvalue weighted by Gasteiger charge is 2.18. The molecule has 0 spiro atoms. The number of nitrogens with one attached hydrogen (secondary N) is 1. The third-order valence-corrected chi connectivity index (χ3v) is 2.71. The van der Waals surface area contributed by atoms with Gasteiger partial charge in [0.1, 0.15) is 6.10 Å². The van der Waals surface area contributed by atoms with Gasteiger partial charge in [0.05, 0.1) is 6.20 Å². The lowest BCUT2D eigenvalue weighted by Gasteiger charge is -2.14. The molecule has 1 aromatic carbocycles. The Hall–Kier alpha value is -2.08. The van der Waals surface area contributed by atoms with Crippen LogP contribution in [0.15, 0.2) is 24.4 Å². The number of esters is 1. The van der Waals surface area contributed by atoms with Crippen LogP contribution in [-0.4, -0.2) is 21.4 Å². The summed E-state index contributed by atoms with van der Waals surface area (Å²) in [6.45, 7) is 1.71. The minimum atomic E-state index is -0.574.